The zero-order chi connectivity index (χ0) is 21.0. The Morgan fingerprint density at radius 3 is 2.45 bits per heavy atom. The summed E-state index contributed by atoms with van der Waals surface area (Å²) in [7, 11) is 0. The largest absolute Gasteiger partial charge is 0.573 e. The summed E-state index contributed by atoms with van der Waals surface area (Å²) >= 11 is 0. The van der Waals surface area contributed by atoms with Gasteiger partial charge in [0.2, 0.25) is 0 Å². The first-order valence-electron chi connectivity index (χ1n) is 9.05. The number of alkyl halides is 3. The molecule has 0 bridgehead atoms. The van der Waals surface area contributed by atoms with E-state index < -0.39 is 6.36 Å². The maximum atomic E-state index is 12.4. The molecule has 150 valence electrons. The van der Waals surface area contributed by atoms with Gasteiger partial charge in [-0.3, -0.25) is 0 Å². The highest BCUT2D eigenvalue weighted by atomic mass is 19.4. The van der Waals surface area contributed by atoms with Crippen LogP contribution in [0.4, 0.5) is 18.9 Å². The van der Waals surface area contributed by atoms with Gasteiger partial charge < -0.3 is 14.6 Å². The molecule has 0 aliphatic carbocycles. The van der Waals surface area contributed by atoms with Crippen LogP contribution in [0.5, 0.6) is 5.75 Å². The van der Waals surface area contributed by atoms with Crippen LogP contribution in [0.3, 0.4) is 0 Å². The van der Waals surface area contributed by atoms with E-state index >= 15 is 0 Å². The first kappa shape index (κ1) is 20.3. The number of allylic oxidation sites excluding steroid dienone is 1. The summed E-state index contributed by atoms with van der Waals surface area (Å²) in [5, 5.41) is 9.53. The molecule has 1 heterocycles. The second-order valence-electron chi connectivity index (χ2n) is 6.25. The Morgan fingerprint density at radius 1 is 1.17 bits per heavy atom. The van der Waals surface area contributed by atoms with E-state index in [9.17, 15) is 18.4 Å². The molecule has 2 aromatic carbocycles. The lowest BCUT2D eigenvalue weighted by Crippen LogP contribution is -2.21. The lowest BCUT2D eigenvalue weighted by atomic mass is 10.1. The van der Waals surface area contributed by atoms with Crippen LogP contribution in [-0.2, 0) is 0 Å². The lowest BCUT2D eigenvalue weighted by Gasteiger charge is -2.20. The average Bonchev–Trinajstić information content (AvgIpc) is 3.10. The fourth-order valence-corrected chi connectivity index (χ4v) is 3.00. The second-order valence-corrected chi connectivity index (χ2v) is 6.25. The highest BCUT2D eigenvalue weighted by molar-refractivity contribution is 5.90. The molecule has 29 heavy (non-hydrogen) atoms. The molecule has 5 nitrogen and oxygen atoms in total. The summed E-state index contributed by atoms with van der Waals surface area (Å²) in [4.78, 5) is 9.39. The number of fused-ring (bicyclic) bond motifs is 1. The lowest BCUT2D eigenvalue weighted by molar-refractivity contribution is -0.274. The van der Waals surface area contributed by atoms with E-state index in [1.165, 1.54) is 18.2 Å². The van der Waals surface area contributed by atoms with Gasteiger partial charge in [0.05, 0.1) is 16.6 Å². The van der Waals surface area contributed by atoms with Crippen molar-refractivity contribution in [2.45, 2.75) is 20.2 Å². The number of hydrogen-bond acceptors (Lipinski definition) is 4. The van der Waals surface area contributed by atoms with Crippen LogP contribution in [0.15, 0.2) is 42.5 Å². The van der Waals surface area contributed by atoms with Gasteiger partial charge in [-0.2, -0.15) is 5.26 Å². The molecule has 0 unspecified atom stereocenters. The van der Waals surface area contributed by atoms with Crippen LogP contribution >= 0.6 is 0 Å². The van der Waals surface area contributed by atoms with E-state index in [1.54, 1.807) is 6.08 Å². The van der Waals surface area contributed by atoms with E-state index in [0.717, 1.165) is 24.3 Å². The quantitative estimate of drug-likeness (QED) is 0.565. The number of aromatic nitrogens is 2. The standard InChI is InChI=1S/C21H19F3N4O/c1-3-28(4-2)16-7-5-14(6-8-16)11-15(13-25)20-26-18-10-9-17(12-19(18)27-20)29-21(22,23)24/h5-12H,3-4H2,1-2H3,(H,26,27)/b15-11+. The third-order valence-corrected chi connectivity index (χ3v) is 4.40. The minimum atomic E-state index is -4.77. The molecule has 3 aromatic rings. The summed E-state index contributed by atoms with van der Waals surface area (Å²) in [5.41, 5.74) is 2.97. The Kier molecular flexibility index (Phi) is 5.78. The number of rotatable bonds is 6. The Bertz CT molecular complexity index is 1060. The molecule has 0 saturated heterocycles. The molecule has 3 rings (SSSR count). The van der Waals surface area contributed by atoms with E-state index in [-0.39, 0.29) is 17.1 Å². The first-order valence-corrected chi connectivity index (χ1v) is 9.05. The van der Waals surface area contributed by atoms with Crippen LogP contribution in [0.1, 0.15) is 25.2 Å². The number of ether oxygens (including phenoxy) is 1. The maximum Gasteiger partial charge on any atom is 0.573 e. The van der Waals surface area contributed by atoms with Crippen molar-refractivity contribution in [3.8, 4) is 11.8 Å². The van der Waals surface area contributed by atoms with Crippen LogP contribution in [-0.4, -0.2) is 29.4 Å². The summed E-state index contributed by atoms with van der Waals surface area (Å²) in [6.07, 6.45) is -3.09. The average molecular weight is 400 g/mol. The molecule has 1 N–H and O–H groups in total. The normalized spacial score (nSPS) is 12.1. The minimum absolute atomic E-state index is 0.273. The van der Waals surface area contributed by atoms with Crippen molar-refractivity contribution in [3.05, 3.63) is 53.9 Å². The van der Waals surface area contributed by atoms with Crippen molar-refractivity contribution in [3.63, 3.8) is 0 Å². The van der Waals surface area contributed by atoms with Crippen molar-refractivity contribution < 1.29 is 17.9 Å². The van der Waals surface area contributed by atoms with Crippen LogP contribution < -0.4 is 9.64 Å². The van der Waals surface area contributed by atoms with Gasteiger partial charge in [0.25, 0.3) is 0 Å². The molecule has 0 atom stereocenters. The van der Waals surface area contributed by atoms with Gasteiger partial charge in [-0.05, 0) is 49.8 Å². The number of nitrogens with zero attached hydrogens (tertiary/aromatic N) is 3. The van der Waals surface area contributed by atoms with Crippen LogP contribution in [0.25, 0.3) is 22.7 Å². The summed E-state index contributed by atoms with van der Waals surface area (Å²) in [6.45, 7) is 5.96. The van der Waals surface area contributed by atoms with Gasteiger partial charge in [-0.25, -0.2) is 4.98 Å². The third-order valence-electron chi connectivity index (χ3n) is 4.40. The number of anilines is 1. The summed E-state index contributed by atoms with van der Waals surface area (Å²) in [5.74, 6) is -0.0749. The molecule has 0 aliphatic heterocycles. The minimum Gasteiger partial charge on any atom is -0.406 e. The van der Waals surface area contributed by atoms with Crippen molar-refractivity contribution in [1.29, 1.82) is 5.26 Å². The molecule has 0 spiro atoms. The van der Waals surface area contributed by atoms with Crippen LogP contribution in [0.2, 0.25) is 0 Å². The van der Waals surface area contributed by atoms with Gasteiger partial charge in [0, 0.05) is 24.8 Å². The second kappa shape index (κ2) is 8.27. The number of nitriles is 1. The molecule has 8 heteroatoms. The number of H-pyrrole nitrogens is 1. The van der Waals surface area contributed by atoms with E-state index in [4.69, 9.17) is 0 Å². The highest BCUT2D eigenvalue weighted by Gasteiger charge is 2.31. The Morgan fingerprint density at radius 2 is 1.86 bits per heavy atom. The number of imidazole rings is 1. The van der Waals surface area contributed by atoms with E-state index in [1.807, 2.05) is 24.3 Å². The highest BCUT2D eigenvalue weighted by Crippen LogP contribution is 2.27. The zero-order valence-electron chi connectivity index (χ0n) is 15.9. The summed E-state index contributed by atoms with van der Waals surface area (Å²) in [6, 6.07) is 13.6. The molecule has 0 radical (unpaired) electrons. The monoisotopic (exact) mass is 400 g/mol. The molecule has 0 fully saturated rings. The SMILES string of the molecule is CCN(CC)c1ccc(/C=C(\C#N)c2nc3ccc(OC(F)(F)F)cc3[nH]2)cc1. The van der Waals surface area contributed by atoms with Gasteiger partial charge in [-0.1, -0.05) is 12.1 Å². The Labute approximate surface area is 166 Å². The molecule has 0 aliphatic rings. The van der Waals surface area contributed by atoms with Crippen molar-refractivity contribution >= 4 is 28.4 Å². The Hall–Kier alpha value is -3.47. The predicted octanol–water partition coefficient (Wildman–Crippen LogP) is 5.37. The number of aromatic amines is 1. The molecule has 1 aromatic heterocycles. The van der Waals surface area contributed by atoms with Gasteiger partial charge >= 0.3 is 6.36 Å². The number of nitrogens with one attached hydrogen (secondary N) is 1. The number of hydrogen-bond donors (Lipinski definition) is 1. The Balaban J connectivity index is 1.89. The predicted molar refractivity (Wildman–Crippen MR) is 106 cm³/mol. The summed E-state index contributed by atoms with van der Waals surface area (Å²) < 4.78 is 41.1. The van der Waals surface area contributed by atoms with E-state index in [0.29, 0.717) is 11.0 Å². The fourth-order valence-electron chi connectivity index (χ4n) is 3.00. The fraction of sp³-hybridized carbons (Fsp3) is 0.238. The topological polar surface area (TPSA) is 64.9 Å². The van der Waals surface area contributed by atoms with E-state index in [2.05, 4.69) is 39.5 Å². The van der Waals surface area contributed by atoms with Crippen LogP contribution in [0, 0.1) is 11.3 Å². The third kappa shape index (κ3) is 4.88. The number of halogens is 3. The number of benzene rings is 2. The smallest absolute Gasteiger partial charge is 0.406 e. The van der Waals surface area contributed by atoms with Crippen molar-refractivity contribution in [2.24, 2.45) is 0 Å². The molecule has 0 amide bonds. The van der Waals surface area contributed by atoms with Gasteiger partial charge in [0.15, 0.2) is 0 Å². The van der Waals surface area contributed by atoms with Gasteiger partial charge in [-0.15, -0.1) is 13.2 Å². The van der Waals surface area contributed by atoms with Crippen molar-refractivity contribution in [2.75, 3.05) is 18.0 Å². The molecule has 0 saturated carbocycles. The van der Waals surface area contributed by atoms with Gasteiger partial charge in [0.1, 0.15) is 17.6 Å². The van der Waals surface area contributed by atoms with Crippen molar-refractivity contribution in [1.82, 2.24) is 9.97 Å². The molecular weight excluding hydrogens is 381 g/mol. The zero-order valence-corrected chi connectivity index (χ0v) is 15.9. The molecular formula is C21H19F3N4O. The first-order chi connectivity index (χ1) is 13.8. The maximum absolute atomic E-state index is 12.4.